The lowest BCUT2D eigenvalue weighted by Gasteiger charge is -2.31. The number of piperidine rings is 1. The SMILES string of the molecule is N#CC1(C(=O)Nc2cccc(CN3CCC(CO)CC3)c2)CCCC1. The summed E-state index contributed by atoms with van der Waals surface area (Å²) in [5.74, 6) is 0.281. The van der Waals surface area contributed by atoms with Crippen LogP contribution in [0.1, 0.15) is 44.1 Å². The van der Waals surface area contributed by atoms with Crippen molar-refractivity contribution >= 4 is 11.6 Å². The fourth-order valence-electron chi connectivity index (χ4n) is 3.95. The van der Waals surface area contributed by atoms with E-state index in [4.69, 9.17) is 0 Å². The lowest BCUT2D eigenvalue weighted by molar-refractivity contribution is -0.122. The fraction of sp³-hybridized carbons (Fsp3) is 0.600. The number of carbonyl (C=O) groups excluding carboxylic acids is 1. The molecule has 0 atom stereocenters. The standard InChI is InChI=1S/C20H27N3O2/c21-15-20(8-1-2-9-20)19(25)22-18-5-3-4-17(12-18)13-23-10-6-16(14-24)7-11-23/h3-5,12,16,24H,1-2,6-11,13-14H2,(H,22,25). The van der Waals surface area contributed by atoms with Crippen LogP contribution in [0.4, 0.5) is 5.69 Å². The molecule has 1 saturated heterocycles. The third-order valence-corrected chi connectivity index (χ3v) is 5.66. The molecular weight excluding hydrogens is 314 g/mol. The van der Waals surface area contributed by atoms with E-state index in [0.29, 0.717) is 18.8 Å². The summed E-state index contributed by atoms with van der Waals surface area (Å²) in [5, 5.41) is 21.6. The van der Waals surface area contributed by atoms with E-state index in [1.807, 2.05) is 18.2 Å². The number of rotatable bonds is 5. The van der Waals surface area contributed by atoms with Crippen LogP contribution in [0.25, 0.3) is 0 Å². The van der Waals surface area contributed by atoms with Gasteiger partial charge in [-0.1, -0.05) is 25.0 Å². The Hall–Kier alpha value is -1.90. The molecule has 1 aromatic rings. The number of anilines is 1. The average Bonchev–Trinajstić information content (AvgIpc) is 3.13. The van der Waals surface area contributed by atoms with Gasteiger partial charge in [-0.3, -0.25) is 9.69 Å². The normalized spacial score (nSPS) is 21.0. The number of amides is 1. The number of nitriles is 1. The third kappa shape index (κ3) is 4.20. The van der Waals surface area contributed by atoms with Crippen LogP contribution in [0.2, 0.25) is 0 Å². The van der Waals surface area contributed by atoms with Crippen LogP contribution >= 0.6 is 0 Å². The number of carbonyl (C=O) groups is 1. The number of likely N-dealkylation sites (tertiary alicyclic amines) is 1. The van der Waals surface area contributed by atoms with Crippen LogP contribution in [-0.2, 0) is 11.3 Å². The molecule has 1 aliphatic carbocycles. The summed E-state index contributed by atoms with van der Waals surface area (Å²) in [5.41, 5.74) is 1.09. The number of hydrogen-bond donors (Lipinski definition) is 2. The summed E-state index contributed by atoms with van der Waals surface area (Å²) in [6.45, 7) is 3.14. The predicted octanol–water partition coefficient (Wildman–Crippen LogP) is 2.91. The van der Waals surface area contributed by atoms with Gasteiger partial charge in [-0.25, -0.2) is 0 Å². The lowest BCUT2D eigenvalue weighted by atomic mass is 9.87. The Kier molecular flexibility index (Phi) is 5.72. The first-order valence-electron chi connectivity index (χ1n) is 9.30. The van der Waals surface area contributed by atoms with Crippen molar-refractivity contribution < 1.29 is 9.90 Å². The van der Waals surface area contributed by atoms with Crippen LogP contribution in [0.3, 0.4) is 0 Å². The first-order chi connectivity index (χ1) is 12.1. The highest BCUT2D eigenvalue weighted by Gasteiger charge is 2.41. The van der Waals surface area contributed by atoms with Crippen molar-refractivity contribution in [1.82, 2.24) is 4.90 Å². The molecule has 1 aliphatic heterocycles. The Labute approximate surface area is 149 Å². The zero-order valence-corrected chi connectivity index (χ0v) is 14.7. The molecule has 0 aromatic heterocycles. The lowest BCUT2D eigenvalue weighted by Crippen LogP contribution is -2.34. The van der Waals surface area contributed by atoms with Crippen molar-refractivity contribution in [3.63, 3.8) is 0 Å². The summed E-state index contributed by atoms with van der Waals surface area (Å²) in [6, 6.07) is 10.2. The number of aliphatic hydroxyl groups is 1. The van der Waals surface area contributed by atoms with Gasteiger partial charge >= 0.3 is 0 Å². The zero-order chi connectivity index (χ0) is 17.7. The second-order valence-corrected chi connectivity index (χ2v) is 7.46. The van der Waals surface area contributed by atoms with Crippen molar-refractivity contribution in [2.75, 3.05) is 25.0 Å². The maximum Gasteiger partial charge on any atom is 0.244 e. The second kappa shape index (κ2) is 7.99. The van der Waals surface area contributed by atoms with E-state index in [0.717, 1.165) is 56.6 Å². The van der Waals surface area contributed by atoms with Crippen molar-refractivity contribution in [2.45, 2.75) is 45.1 Å². The highest BCUT2D eigenvalue weighted by Crippen LogP contribution is 2.38. The van der Waals surface area contributed by atoms with E-state index in [-0.39, 0.29) is 12.5 Å². The van der Waals surface area contributed by atoms with Gasteiger partial charge in [0.05, 0.1) is 6.07 Å². The summed E-state index contributed by atoms with van der Waals surface area (Å²) in [7, 11) is 0. The molecule has 134 valence electrons. The third-order valence-electron chi connectivity index (χ3n) is 5.66. The molecule has 1 aromatic carbocycles. The molecule has 2 fully saturated rings. The Balaban J connectivity index is 1.60. The van der Waals surface area contributed by atoms with Crippen LogP contribution < -0.4 is 5.32 Å². The Bertz CT molecular complexity index is 639. The molecule has 0 radical (unpaired) electrons. The molecule has 2 N–H and O–H groups in total. The first-order valence-corrected chi connectivity index (χ1v) is 9.30. The van der Waals surface area contributed by atoms with Gasteiger partial charge in [0.1, 0.15) is 5.41 Å². The maximum atomic E-state index is 12.6. The van der Waals surface area contributed by atoms with Gasteiger partial charge in [0.15, 0.2) is 0 Å². The minimum Gasteiger partial charge on any atom is -0.396 e. The van der Waals surface area contributed by atoms with Gasteiger partial charge in [0.25, 0.3) is 0 Å². The van der Waals surface area contributed by atoms with Crippen molar-refractivity contribution in [2.24, 2.45) is 11.3 Å². The van der Waals surface area contributed by atoms with E-state index in [9.17, 15) is 15.2 Å². The van der Waals surface area contributed by atoms with E-state index < -0.39 is 5.41 Å². The van der Waals surface area contributed by atoms with E-state index in [1.165, 1.54) is 0 Å². The largest absolute Gasteiger partial charge is 0.396 e. The molecule has 1 saturated carbocycles. The smallest absolute Gasteiger partial charge is 0.244 e. The monoisotopic (exact) mass is 341 g/mol. The second-order valence-electron chi connectivity index (χ2n) is 7.46. The van der Waals surface area contributed by atoms with Gasteiger partial charge in [0, 0.05) is 18.8 Å². The summed E-state index contributed by atoms with van der Waals surface area (Å²) in [4.78, 5) is 15.0. The van der Waals surface area contributed by atoms with E-state index in [1.54, 1.807) is 0 Å². The van der Waals surface area contributed by atoms with E-state index in [2.05, 4.69) is 22.4 Å². The predicted molar refractivity (Wildman–Crippen MR) is 96.7 cm³/mol. The molecule has 5 heteroatoms. The van der Waals surface area contributed by atoms with Gasteiger partial charge in [-0.15, -0.1) is 0 Å². The molecule has 25 heavy (non-hydrogen) atoms. The molecular formula is C20H27N3O2. The quantitative estimate of drug-likeness (QED) is 0.863. The molecule has 3 rings (SSSR count). The minimum atomic E-state index is -0.845. The number of hydrogen-bond acceptors (Lipinski definition) is 4. The number of benzene rings is 1. The molecule has 2 aliphatic rings. The van der Waals surface area contributed by atoms with E-state index >= 15 is 0 Å². The molecule has 0 bridgehead atoms. The van der Waals surface area contributed by atoms with Crippen molar-refractivity contribution in [1.29, 1.82) is 5.26 Å². The highest BCUT2D eigenvalue weighted by molar-refractivity contribution is 5.97. The Morgan fingerprint density at radius 3 is 2.68 bits per heavy atom. The van der Waals surface area contributed by atoms with Crippen LogP contribution in [-0.4, -0.2) is 35.6 Å². The van der Waals surface area contributed by atoms with Crippen molar-refractivity contribution in [3.05, 3.63) is 29.8 Å². The average molecular weight is 341 g/mol. The van der Waals surface area contributed by atoms with Crippen LogP contribution in [0.15, 0.2) is 24.3 Å². The summed E-state index contributed by atoms with van der Waals surface area (Å²) < 4.78 is 0. The summed E-state index contributed by atoms with van der Waals surface area (Å²) in [6.07, 6.45) is 5.30. The van der Waals surface area contributed by atoms with Crippen LogP contribution in [0, 0.1) is 22.7 Å². The molecule has 1 heterocycles. The molecule has 5 nitrogen and oxygen atoms in total. The fourth-order valence-corrected chi connectivity index (χ4v) is 3.95. The van der Waals surface area contributed by atoms with Crippen LogP contribution in [0.5, 0.6) is 0 Å². The number of nitrogens with one attached hydrogen (secondary N) is 1. The van der Waals surface area contributed by atoms with Gasteiger partial charge in [0.2, 0.25) is 5.91 Å². The highest BCUT2D eigenvalue weighted by atomic mass is 16.3. The molecule has 1 amide bonds. The molecule has 0 unspecified atom stereocenters. The number of aliphatic hydroxyl groups excluding tert-OH is 1. The summed E-state index contributed by atoms with van der Waals surface area (Å²) >= 11 is 0. The minimum absolute atomic E-state index is 0.159. The van der Waals surface area contributed by atoms with Crippen molar-refractivity contribution in [3.8, 4) is 6.07 Å². The Morgan fingerprint density at radius 2 is 2.04 bits per heavy atom. The van der Waals surface area contributed by atoms with Gasteiger partial charge in [-0.05, 0) is 62.4 Å². The molecule has 0 spiro atoms. The Morgan fingerprint density at radius 1 is 1.32 bits per heavy atom. The van der Waals surface area contributed by atoms with Gasteiger partial charge < -0.3 is 10.4 Å². The number of nitrogens with zero attached hydrogens (tertiary/aromatic N) is 2. The zero-order valence-electron chi connectivity index (χ0n) is 14.7. The topological polar surface area (TPSA) is 76.4 Å². The first kappa shape index (κ1) is 17.9. The van der Waals surface area contributed by atoms with Gasteiger partial charge in [-0.2, -0.15) is 5.26 Å². The maximum absolute atomic E-state index is 12.6.